The second kappa shape index (κ2) is 15.3. The first-order chi connectivity index (χ1) is 11.3. The predicted octanol–water partition coefficient (Wildman–Crippen LogP) is 2.98. The third-order valence-corrected chi connectivity index (χ3v) is 5.28. The molecule has 0 heterocycles. The second-order valence-corrected chi connectivity index (χ2v) is 8.91. The Kier molecular flexibility index (Phi) is 15.2. The van der Waals surface area contributed by atoms with Gasteiger partial charge in [-0.05, 0) is 13.0 Å². The summed E-state index contributed by atoms with van der Waals surface area (Å²) in [7, 11) is -4.01. The van der Waals surface area contributed by atoms with Crippen LogP contribution in [0.15, 0.2) is 0 Å². The van der Waals surface area contributed by atoms with Crippen molar-refractivity contribution in [2.75, 3.05) is 31.1 Å². The zero-order valence-corrected chi connectivity index (χ0v) is 16.6. The summed E-state index contributed by atoms with van der Waals surface area (Å²) in [4.78, 5) is 1.80. The molecule has 24 heavy (non-hydrogen) atoms. The molecule has 8 heteroatoms. The summed E-state index contributed by atoms with van der Waals surface area (Å²) in [5.74, 6) is -0.362. The monoisotopic (exact) mass is 384 g/mol. The SMILES string of the molecule is CCCCCCCCCCCCN(CCS(=O)[O-])CCS(=O)(=O)O. The summed E-state index contributed by atoms with van der Waals surface area (Å²) in [6, 6.07) is 0. The topological polar surface area (TPSA) is 97.7 Å². The number of hydrogen-bond acceptors (Lipinski definition) is 5. The predicted molar refractivity (Wildman–Crippen MR) is 98.5 cm³/mol. The Morgan fingerprint density at radius 3 is 1.83 bits per heavy atom. The lowest BCUT2D eigenvalue weighted by Gasteiger charge is -2.22. The van der Waals surface area contributed by atoms with Gasteiger partial charge in [0, 0.05) is 18.8 Å². The van der Waals surface area contributed by atoms with Crippen molar-refractivity contribution in [3.63, 3.8) is 0 Å². The summed E-state index contributed by atoms with van der Waals surface area (Å²) in [5, 5.41) is 0. The van der Waals surface area contributed by atoms with Crippen molar-refractivity contribution < 1.29 is 21.7 Å². The van der Waals surface area contributed by atoms with E-state index in [-0.39, 0.29) is 18.1 Å². The lowest BCUT2D eigenvalue weighted by Crippen LogP contribution is -2.33. The molecule has 146 valence electrons. The van der Waals surface area contributed by atoms with Crippen LogP contribution in [0.3, 0.4) is 0 Å². The van der Waals surface area contributed by atoms with Gasteiger partial charge in [-0.3, -0.25) is 8.76 Å². The van der Waals surface area contributed by atoms with E-state index in [9.17, 15) is 17.2 Å². The first-order valence-corrected chi connectivity index (χ1v) is 11.9. The van der Waals surface area contributed by atoms with Crippen LogP contribution in [0.5, 0.6) is 0 Å². The maximum Gasteiger partial charge on any atom is 0.266 e. The number of nitrogens with zero attached hydrogens (tertiary/aromatic N) is 1. The molecule has 0 saturated carbocycles. The van der Waals surface area contributed by atoms with Crippen LogP contribution in [-0.2, 0) is 21.2 Å². The molecule has 0 radical (unpaired) electrons. The minimum absolute atomic E-state index is 0.0107. The van der Waals surface area contributed by atoms with Crippen molar-refractivity contribution >= 4 is 21.2 Å². The van der Waals surface area contributed by atoms with Crippen molar-refractivity contribution in [3.8, 4) is 0 Å². The minimum atomic E-state index is -4.01. The number of hydrogen-bond donors (Lipinski definition) is 1. The smallest absolute Gasteiger partial charge is 0.266 e. The van der Waals surface area contributed by atoms with Gasteiger partial charge in [-0.15, -0.1) is 0 Å². The Labute approximate surface area is 150 Å². The molecule has 0 spiro atoms. The van der Waals surface area contributed by atoms with E-state index in [2.05, 4.69) is 6.92 Å². The van der Waals surface area contributed by atoms with Gasteiger partial charge in [0.2, 0.25) is 0 Å². The Morgan fingerprint density at radius 2 is 1.38 bits per heavy atom. The lowest BCUT2D eigenvalue weighted by atomic mass is 10.1. The van der Waals surface area contributed by atoms with Gasteiger partial charge in [-0.1, -0.05) is 75.8 Å². The van der Waals surface area contributed by atoms with Gasteiger partial charge in [0.05, 0.1) is 5.75 Å². The fraction of sp³-hybridized carbons (Fsp3) is 1.00. The molecular formula is C16H34NO5S2-. The standard InChI is InChI=1S/C16H35NO5S2/c1-2-3-4-5-6-7-8-9-10-11-12-17(13-15-23(18)19)14-16-24(20,21)22/h2-16H2,1H3,(H,18,19)(H,20,21,22)/p-1. The van der Waals surface area contributed by atoms with Crippen molar-refractivity contribution in [1.29, 1.82) is 0 Å². The molecule has 0 rings (SSSR count). The first-order valence-electron chi connectivity index (χ1n) is 9.08. The summed E-state index contributed by atoms with van der Waals surface area (Å²) in [6.07, 6.45) is 12.2. The van der Waals surface area contributed by atoms with Crippen LogP contribution in [0.1, 0.15) is 71.1 Å². The van der Waals surface area contributed by atoms with Gasteiger partial charge in [0.25, 0.3) is 10.1 Å². The summed E-state index contributed by atoms with van der Waals surface area (Å²) in [5.41, 5.74) is 0. The molecule has 0 amide bonds. The van der Waals surface area contributed by atoms with Crippen LogP contribution in [0.25, 0.3) is 0 Å². The molecule has 0 aliphatic rings. The maximum absolute atomic E-state index is 10.8. The summed E-state index contributed by atoms with van der Waals surface area (Å²) in [6.45, 7) is 3.37. The molecule has 0 aliphatic heterocycles. The average Bonchev–Trinajstić information content (AvgIpc) is 2.49. The van der Waals surface area contributed by atoms with Crippen molar-refractivity contribution in [3.05, 3.63) is 0 Å². The van der Waals surface area contributed by atoms with Crippen LogP contribution in [0, 0.1) is 0 Å². The van der Waals surface area contributed by atoms with E-state index in [0.29, 0.717) is 13.1 Å². The van der Waals surface area contributed by atoms with Crippen molar-refractivity contribution in [2.24, 2.45) is 0 Å². The van der Waals surface area contributed by atoms with E-state index in [4.69, 9.17) is 4.55 Å². The highest BCUT2D eigenvalue weighted by atomic mass is 32.2. The normalized spacial score (nSPS) is 13.5. The van der Waals surface area contributed by atoms with Gasteiger partial charge in [0.1, 0.15) is 0 Å². The van der Waals surface area contributed by atoms with E-state index < -0.39 is 21.2 Å². The Morgan fingerprint density at radius 1 is 0.875 bits per heavy atom. The second-order valence-electron chi connectivity index (χ2n) is 6.32. The van der Waals surface area contributed by atoms with Gasteiger partial charge >= 0.3 is 0 Å². The zero-order valence-electron chi connectivity index (χ0n) is 15.0. The molecule has 0 aromatic rings. The van der Waals surface area contributed by atoms with Crippen LogP contribution >= 0.6 is 0 Å². The van der Waals surface area contributed by atoms with Crippen molar-refractivity contribution in [1.82, 2.24) is 4.90 Å². The molecule has 0 aromatic carbocycles. The third-order valence-electron chi connectivity index (χ3n) is 4.07. The highest BCUT2D eigenvalue weighted by Crippen LogP contribution is 2.10. The van der Waals surface area contributed by atoms with E-state index in [1.165, 1.54) is 44.9 Å². The fourth-order valence-corrected chi connectivity index (χ4v) is 3.50. The van der Waals surface area contributed by atoms with Gasteiger partial charge in [0.15, 0.2) is 0 Å². The van der Waals surface area contributed by atoms with E-state index in [1.54, 1.807) is 4.90 Å². The van der Waals surface area contributed by atoms with Gasteiger partial charge in [-0.2, -0.15) is 8.42 Å². The quantitative estimate of drug-likeness (QED) is 0.235. The van der Waals surface area contributed by atoms with E-state index >= 15 is 0 Å². The number of rotatable bonds is 17. The molecule has 0 aromatic heterocycles. The van der Waals surface area contributed by atoms with Crippen LogP contribution in [0.4, 0.5) is 0 Å². The highest BCUT2D eigenvalue weighted by molar-refractivity contribution is 7.85. The molecule has 0 aliphatic carbocycles. The Hall–Kier alpha value is -0.0200. The molecule has 1 N–H and O–H groups in total. The van der Waals surface area contributed by atoms with Crippen molar-refractivity contribution in [2.45, 2.75) is 71.1 Å². The molecule has 1 atom stereocenters. The average molecular weight is 385 g/mol. The Bertz CT molecular complexity index is 415. The molecule has 1 unspecified atom stereocenters. The zero-order chi connectivity index (χ0) is 18.3. The van der Waals surface area contributed by atoms with Gasteiger partial charge in [-0.25, -0.2) is 0 Å². The van der Waals surface area contributed by atoms with Gasteiger partial charge < -0.3 is 9.45 Å². The fourth-order valence-electron chi connectivity index (χ4n) is 2.61. The van der Waals surface area contributed by atoms with E-state index in [0.717, 1.165) is 19.3 Å². The third kappa shape index (κ3) is 18.3. The first kappa shape index (κ1) is 24.0. The van der Waals surface area contributed by atoms with Crippen LogP contribution in [-0.4, -0.2) is 57.8 Å². The van der Waals surface area contributed by atoms with E-state index in [1.807, 2.05) is 0 Å². The lowest BCUT2D eigenvalue weighted by molar-refractivity contribution is 0.293. The minimum Gasteiger partial charge on any atom is -0.772 e. The van der Waals surface area contributed by atoms with Crippen LogP contribution < -0.4 is 0 Å². The summed E-state index contributed by atoms with van der Waals surface area (Å²) < 4.78 is 51.8. The molecule has 0 fully saturated rings. The molecule has 6 nitrogen and oxygen atoms in total. The highest BCUT2D eigenvalue weighted by Gasteiger charge is 2.10. The Balaban J connectivity index is 3.74. The molecule has 0 saturated heterocycles. The molecule has 0 bridgehead atoms. The molecular weight excluding hydrogens is 350 g/mol. The number of unbranched alkanes of at least 4 members (excludes halogenated alkanes) is 9. The summed E-state index contributed by atoms with van der Waals surface area (Å²) >= 11 is -2.13. The van der Waals surface area contributed by atoms with Crippen LogP contribution in [0.2, 0.25) is 0 Å². The largest absolute Gasteiger partial charge is 0.772 e. The maximum atomic E-state index is 10.8.